The molecule has 0 aliphatic rings. The van der Waals surface area contributed by atoms with E-state index in [-0.39, 0.29) is 29.5 Å². The van der Waals surface area contributed by atoms with Crippen LogP contribution in [0, 0.1) is 12.7 Å². The van der Waals surface area contributed by atoms with Crippen molar-refractivity contribution in [2.45, 2.75) is 50.6 Å². The van der Waals surface area contributed by atoms with Crippen molar-refractivity contribution in [1.82, 2.24) is 10.2 Å². The van der Waals surface area contributed by atoms with Gasteiger partial charge >= 0.3 is 0 Å². The number of sulfonamides is 1. The Morgan fingerprint density at radius 3 is 2.17 bits per heavy atom. The van der Waals surface area contributed by atoms with E-state index in [1.54, 1.807) is 0 Å². The number of hydrogen-bond acceptors (Lipinski definition) is 5. The van der Waals surface area contributed by atoms with E-state index in [9.17, 15) is 22.4 Å². The lowest BCUT2D eigenvalue weighted by Gasteiger charge is -2.34. The minimum atomic E-state index is -4.32. The van der Waals surface area contributed by atoms with Gasteiger partial charge in [0.05, 0.1) is 17.7 Å². The van der Waals surface area contributed by atoms with Crippen molar-refractivity contribution in [3.05, 3.63) is 126 Å². The minimum Gasteiger partial charge on any atom is -0.497 e. The summed E-state index contributed by atoms with van der Waals surface area (Å²) in [4.78, 5) is 29.7. The average molecular weight is 646 g/mol. The predicted molar refractivity (Wildman–Crippen MR) is 178 cm³/mol. The fourth-order valence-corrected chi connectivity index (χ4v) is 6.46. The van der Waals surface area contributed by atoms with Gasteiger partial charge < -0.3 is 15.0 Å². The highest BCUT2D eigenvalue weighted by Crippen LogP contribution is 2.27. The number of rotatable bonds is 15. The number of aryl methyl sites for hydroxylation is 1. The molecule has 0 saturated carbocycles. The van der Waals surface area contributed by atoms with Gasteiger partial charge in [-0.15, -0.1) is 0 Å². The molecule has 0 aliphatic carbocycles. The zero-order valence-electron chi connectivity index (χ0n) is 26.4. The number of amides is 2. The summed E-state index contributed by atoms with van der Waals surface area (Å²) in [5, 5.41) is 2.98. The van der Waals surface area contributed by atoms with Gasteiger partial charge in [-0.2, -0.15) is 0 Å². The Balaban J connectivity index is 1.79. The van der Waals surface area contributed by atoms with Gasteiger partial charge in [0.25, 0.3) is 10.0 Å². The summed E-state index contributed by atoms with van der Waals surface area (Å²) < 4.78 is 48.3. The molecule has 1 N–H and O–H groups in total. The summed E-state index contributed by atoms with van der Waals surface area (Å²) in [6.07, 6.45) is 1.87. The molecule has 0 aliphatic heterocycles. The third kappa shape index (κ3) is 8.72. The van der Waals surface area contributed by atoms with E-state index in [0.29, 0.717) is 12.3 Å². The molecule has 4 aromatic rings. The Morgan fingerprint density at radius 1 is 0.891 bits per heavy atom. The van der Waals surface area contributed by atoms with E-state index in [2.05, 4.69) is 5.32 Å². The van der Waals surface area contributed by atoms with Crippen LogP contribution in [0.4, 0.5) is 10.1 Å². The molecule has 0 aromatic heterocycles. The van der Waals surface area contributed by atoms with Crippen molar-refractivity contribution in [2.24, 2.45) is 0 Å². The first-order chi connectivity index (χ1) is 22.1. The largest absolute Gasteiger partial charge is 0.497 e. The fourth-order valence-electron chi connectivity index (χ4n) is 5.04. The van der Waals surface area contributed by atoms with E-state index in [1.165, 1.54) is 48.4 Å². The van der Waals surface area contributed by atoms with Crippen molar-refractivity contribution in [3.8, 4) is 5.75 Å². The molecule has 0 saturated heterocycles. The van der Waals surface area contributed by atoms with Crippen LogP contribution in [0.1, 0.15) is 36.5 Å². The summed E-state index contributed by atoms with van der Waals surface area (Å²) in [5.74, 6) is -1.00. The maximum absolute atomic E-state index is 14.5. The Morgan fingerprint density at radius 2 is 1.54 bits per heavy atom. The SMILES string of the molecule is CCCCNC(=O)[C@H](Cc1ccccc1)N(Cc1ccccc1C)C(=O)CN(c1ccc(F)cc1)S(=O)(=O)c1ccc(OC)cc1. The summed E-state index contributed by atoms with van der Waals surface area (Å²) in [7, 11) is -2.84. The number of nitrogens with zero attached hydrogens (tertiary/aromatic N) is 2. The number of ether oxygens (including phenoxy) is 1. The van der Waals surface area contributed by atoms with Crippen LogP contribution >= 0.6 is 0 Å². The van der Waals surface area contributed by atoms with Crippen molar-refractivity contribution < 1.29 is 27.1 Å². The zero-order valence-corrected chi connectivity index (χ0v) is 27.2. The van der Waals surface area contributed by atoms with Crippen LogP contribution < -0.4 is 14.4 Å². The first-order valence-corrected chi connectivity index (χ1v) is 16.7. The van der Waals surface area contributed by atoms with Crippen molar-refractivity contribution >= 4 is 27.5 Å². The van der Waals surface area contributed by atoms with Gasteiger partial charge in [0.1, 0.15) is 24.2 Å². The number of benzene rings is 4. The van der Waals surface area contributed by atoms with Gasteiger partial charge in [-0.05, 0) is 78.6 Å². The predicted octanol–water partition coefficient (Wildman–Crippen LogP) is 5.89. The minimum absolute atomic E-state index is 0.0735. The molecular weight excluding hydrogens is 605 g/mol. The molecule has 2 amide bonds. The van der Waals surface area contributed by atoms with Gasteiger partial charge in [0, 0.05) is 19.5 Å². The van der Waals surface area contributed by atoms with Crippen LogP contribution in [0.2, 0.25) is 0 Å². The molecule has 4 rings (SSSR count). The van der Waals surface area contributed by atoms with Gasteiger partial charge in [-0.3, -0.25) is 13.9 Å². The maximum atomic E-state index is 14.5. The van der Waals surface area contributed by atoms with Gasteiger partial charge in [0.15, 0.2) is 0 Å². The number of hydrogen-bond donors (Lipinski definition) is 1. The second-order valence-corrected chi connectivity index (χ2v) is 12.8. The molecule has 10 heteroatoms. The highest BCUT2D eigenvalue weighted by Gasteiger charge is 2.34. The molecule has 0 spiro atoms. The molecule has 0 heterocycles. The monoisotopic (exact) mass is 645 g/mol. The highest BCUT2D eigenvalue weighted by molar-refractivity contribution is 7.92. The first kappa shape index (κ1) is 34.2. The van der Waals surface area contributed by atoms with E-state index in [1.807, 2.05) is 68.4 Å². The molecule has 4 aromatic carbocycles. The molecule has 0 fully saturated rings. The van der Waals surface area contributed by atoms with E-state index in [0.717, 1.165) is 46.0 Å². The lowest BCUT2D eigenvalue weighted by molar-refractivity contribution is -0.140. The van der Waals surface area contributed by atoms with Gasteiger partial charge in [0.2, 0.25) is 11.8 Å². The first-order valence-electron chi connectivity index (χ1n) is 15.2. The molecular formula is C36H40FN3O5S. The molecule has 1 atom stereocenters. The average Bonchev–Trinajstić information content (AvgIpc) is 3.07. The summed E-state index contributed by atoms with van der Waals surface area (Å²) >= 11 is 0. The number of halogens is 1. The number of methoxy groups -OCH3 is 1. The number of unbranched alkanes of at least 4 members (excludes halogenated alkanes) is 1. The Labute approximate surface area is 270 Å². The van der Waals surface area contributed by atoms with Crippen LogP contribution in [0.3, 0.4) is 0 Å². The topological polar surface area (TPSA) is 96.0 Å². The molecule has 8 nitrogen and oxygen atoms in total. The van der Waals surface area contributed by atoms with E-state index < -0.39 is 34.3 Å². The second kappa shape index (κ2) is 16.0. The number of nitrogens with one attached hydrogen (secondary N) is 1. The summed E-state index contributed by atoms with van der Waals surface area (Å²) in [6.45, 7) is 3.84. The smallest absolute Gasteiger partial charge is 0.264 e. The zero-order chi connectivity index (χ0) is 33.1. The van der Waals surface area contributed by atoms with Crippen LogP contribution in [0.5, 0.6) is 5.75 Å². The standard InChI is InChI=1S/C36H40FN3O5S/c1-4-5-23-38-36(42)34(24-28-12-7-6-8-13-28)39(25-29-14-10-9-11-27(29)2)35(41)26-40(31-17-15-30(37)16-18-31)46(43,44)33-21-19-32(45-3)20-22-33/h6-22,34H,4-5,23-26H2,1-3H3,(H,38,42)/t34-/m0/s1. The van der Waals surface area contributed by atoms with E-state index in [4.69, 9.17) is 4.74 Å². The van der Waals surface area contributed by atoms with Gasteiger partial charge in [-0.25, -0.2) is 12.8 Å². The van der Waals surface area contributed by atoms with Crippen LogP contribution in [-0.2, 0) is 32.6 Å². The van der Waals surface area contributed by atoms with Crippen LogP contribution in [0.25, 0.3) is 0 Å². The van der Waals surface area contributed by atoms with Gasteiger partial charge in [-0.1, -0.05) is 67.9 Å². The lowest BCUT2D eigenvalue weighted by Crippen LogP contribution is -2.53. The molecule has 242 valence electrons. The molecule has 0 radical (unpaired) electrons. The Hall–Kier alpha value is -4.70. The Kier molecular flexibility index (Phi) is 11.9. The number of anilines is 1. The Bertz CT molecular complexity index is 1700. The quantitative estimate of drug-likeness (QED) is 0.163. The van der Waals surface area contributed by atoms with Crippen molar-refractivity contribution in [2.75, 3.05) is 24.5 Å². The number of carbonyl (C=O) groups is 2. The maximum Gasteiger partial charge on any atom is 0.264 e. The van der Waals surface area contributed by atoms with Crippen LogP contribution in [0.15, 0.2) is 108 Å². The third-order valence-corrected chi connectivity index (χ3v) is 9.53. The van der Waals surface area contributed by atoms with E-state index >= 15 is 0 Å². The molecule has 46 heavy (non-hydrogen) atoms. The second-order valence-electron chi connectivity index (χ2n) is 11.0. The van der Waals surface area contributed by atoms with Crippen molar-refractivity contribution in [1.29, 1.82) is 0 Å². The molecule has 0 unspecified atom stereocenters. The van der Waals surface area contributed by atoms with Crippen molar-refractivity contribution in [3.63, 3.8) is 0 Å². The normalized spacial score (nSPS) is 11.8. The fraction of sp³-hybridized carbons (Fsp3) is 0.278. The number of carbonyl (C=O) groups excluding carboxylic acids is 2. The summed E-state index contributed by atoms with van der Waals surface area (Å²) in [6, 6.07) is 26.7. The third-order valence-electron chi connectivity index (χ3n) is 7.74. The summed E-state index contributed by atoms with van der Waals surface area (Å²) in [5.41, 5.74) is 2.70. The highest BCUT2D eigenvalue weighted by atomic mass is 32.2. The molecule has 0 bridgehead atoms. The van der Waals surface area contributed by atoms with Crippen LogP contribution in [-0.4, -0.2) is 51.4 Å². The lowest BCUT2D eigenvalue weighted by atomic mass is 10.0.